The highest BCUT2D eigenvalue weighted by Gasteiger charge is 2.18. The first-order valence-electron chi connectivity index (χ1n) is 5.94. The van der Waals surface area contributed by atoms with Gasteiger partial charge in [0.2, 0.25) is 0 Å². The smallest absolute Gasteiger partial charge is 0.257 e. The predicted octanol–water partition coefficient (Wildman–Crippen LogP) is -0.0598. The topological polar surface area (TPSA) is 85.7 Å². The van der Waals surface area contributed by atoms with E-state index < -0.39 is 0 Å². The van der Waals surface area contributed by atoms with Crippen molar-refractivity contribution in [1.29, 1.82) is 0 Å². The minimum absolute atomic E-state index is 0.136. The van der Waals surface area contributed by atoms with Crippen LogP contribution in [0.15, 0.2) is 18.3 Å². The molecule has 0 unspecified atom stereocenters. The van der Waals surface area contributed by atoms with Gasteiger partial charge in [0, 0.05) is 25.8 Å². The summed E-state index contributed by atoms with van der Waals surface area (Å²) in [5.74, 6) is 0.271. The van der Waals surface area contributed by atoms with Crippen LogP contribution in [-0.4, -0.2) is 58.9 Å². The van der Waals surface area contributed by atoms with Crippen LogP contribution >= 0.6 is 0 Å². The molecule has 0 bridgehead atoms. The minimum atomic E-state index is -0.248. The van der Waals surface area contributed by atoms with E-state index in [4.69, 9.17) is 10.2 Å². The Hall–Kier alpha value is -1.66. The van der Waals surface area contributed by atoms with Crippen molar-refractivity contribution in [2.45, 2.75) is 6.92 Å². The summed E-state index contributed by atoms with van der Waals surface area (Å²) in [6, 6.07) is 3.36. The number of aromatic nitrogens is 1. The monoisotopic (exact) mass is 253 g/mol. The van der Waals surface area contributed by atoms with Crippen LogP contribution in [0.2, 0.25) is 0 Å². The molecule has 6 heteroatoms. The Morgan fingerprint density at radius 2 is 2.06 bits per heavy atom. The Morgan fingerprint density at radius 3 is 2.61 bits per heavy atom. The maximum absolute atomic E-state index is 12.2. The van der Waals surface area contributed by atoms with E-state index in [0.29, 0.717) is 17.9 Å². The summed E-state index contributed by atoms with van der Waals surface area (Å²) in [6.45, 7) is 2.70. The van der Waals surface area contributed by atoms with Crippen molar-refractivity contribution < 1.29 is 15.0 Å². The molecule has 1 heterocycles. The van der Waals surface area contributed by atoms with Gasteiger partial charge in [0.1, 0.15) is 5.82 Å². The van der Waals surface area contributed by atoms with Crippen LogP contribution in [0.25, 0.3) is 0 Å². The summed E-state index contributed by atoms with van der Waals surface area (Å²) in [4.78, 5) is 17.8. The first kappa shape index (κ1) is 14.4. The predicted molar refractivity (Wildman–Crippen MR) is 68.5 cm³/mol. The summed E-state index contributed by atoms with van der Waals surface area (Å²) in [5, 5.41) is 20.9. The number of rotatable bonds is 7. The van der Waals surface area contributed by atoms with E-state index in [1.165, 1.54) is 4.90 Å². The van der Waals surface area contributed by atoms with Crippen LogP contribution < -0.4 is 5.32 Å². The molecule has 0 saturated heterocycles. The fourth-order valence-electron chi connectivity index (χ4n) is 1.61. The molecular weight excluding hydrogens is 234 g/mol. The first-order valence-corrected chi connectivity index (χ1v) is 5.94. The number of hydrogen-bond donors (Lipinski definition) is 3. The highest BCUT2D eigenvalue weighted by Crippen LogP contribution is 2.13. The van der Waals surface area contributed by atoms with Gasteiger partial charge in [0.25, 0.3) is 5.91 Å². The van der Waals surface area contributed by atoms with Crippen molar-refractivity contribution in [3.63, 3.8) is 0 Å². The van der Waals surface area contributed by atoms with E-state index >= 15 is 0 Å². The number of carbonyl (C=O) groups is 1. The quantitative estimate of drug-likeness (QED) is 0.634. The van der Waals surface area contributed by atoms with E-state index in [0.717, 1.165) is 0 Å². The maximum Gasteiger partial charge on any atom is 0.257 e. The molecule has 0 fully saturated rings. The Labute approximate surface area is 106 Å². The molecule has 0 aliphatic carbocycles. The zero-order chi connectivity index (χ0) is 13.4. The van der Waals surface area contributed by atoms with Crippen LogP contribution in [0.5, 0.6) is 0 Å². The van der Waals surface area contributed by atoms with Crippen molar-refractivity contribution in [3.8, 4) is 0 Å². The van der Waals surface area contributed by atoms with E-state index in [-0.39, 0.29) is 32.2 Å². The Kier molecular flexibility index (Phi) is 6.10. The van der Waals surface area contributed by atoms with Crippen molar-refractivity contribution in [3.05, 3.63) is 23.9 Å². The Bertz CT molecular complexity index is 379. The molecule has 100 valence electrons. The van der Waals surface area contributed by atoms with Gasteiger partial charge in [0.05, 0.1) is 18.8 Å². The van der Waals surface area contributed by atoms with Crippen molar-refractivity contribution >= 4 is 11.7 Å². The number of anilines is 1. The second-order valence-corrected chi connectivity index (χ2v) is 3.67. The van der Waals surface area contributed by atoms with Crippen LogP contribution in [0.4, 0.5) is 5.82 Å². The molecule has 3 N–H and O–H groups in total. The van der Waals surface area contributed by atoms with Gasteiger partial charge < -0.3 is 20.4 Å². The summed E-state index contributed by atoms with van der Waals surface area (Å²) in [5.41, 5.74) is 0.446. The fraction of sp³-hybridized carbons (Fsp3) is 0.500. The normalized spacial score (nSPS) is 10.2. The minimum Gasteiger partial charge on any atom is -0.395 e. The molecule has 0 aliphatic rings. The molecule has 1 aromatic rings. The van der Waals surface area contributed by atoms with E-state index in [2.05, 4.69) is 10.3 Å². The first-order chi connectivity index (χ1) is 8.74. The fourth-order valence-corrected chi connectivity index (χ4v) is 1.61. The van der Waals surface area contributed by atoms with Gasteiger partial charge in [0.15, 0.2) is 0 Å². The molecule has 0 spiro atoms. The lowest BCUT2D eigenvalue weighted by Gasteiger charge is -2.21. The molecule has 6 nitrogen and oxygen atoms in total. The third-order valence-electron chi connectivity index (χ3n) is 2.41. The molecule has 0 saturated carbocycles. The molecule has 1 aromatic heterocycles. The van der Waals surface area contributed by atoms with Crippen LogP contribution in [0, 0.1) is 0 Å². The second-order valence-electron chi connectivity index (χ2n) is 3.67. The molecule has 0 radical (unpaired) electrons. The van der Waals surface area contributed by atoms with Crippen molar-refractivity contribution in [2.75, 3.05) is 38.2 Å². The third-order valence-corrected chi connectivity index (χ3v) is 2.41. The van der Waals surface area contributed by atoms with E-state index in [1.807, 2.05) is 6.92 Å². The third kappa shape index (κ3) is 3.68. The van der Waals surface area contributed by atoms with Gasteiger partial charge in [-0.2, -0.15) is 0 Å². The number of hydrogen-bond acceptors (Lipinski definition) is 5. The van der Waals surface area contributed by atoms with Gasteiger partial charge >= 0.3 is 0 Å². The van der Waals surface area contributed by atoms with Crippen LogP contribution in [0.1, 0.15) is 17.3 Å². The Balaban J connectivity index is 2.92. The summed E-state index contributed by atoms with van der Waals surface area (Å²) in [7, 11) is 0. The lowest BCUT2D eigenvalue weighted by molar-refractivity contribution is 0.0685. The van der Waals surface area contributed by atoms with Crippen molar-refractivity contribution in [1.82, 2.24) is 9.88 Å². The summed E-state index contributed by atoms with van der Waals surface area (Å²) < 4.78 is 0. The van der Waals surface area contributed by atoms with Gasteiger partial charge in [-0.05, 0) is 19.1 Å². The summed E-state index contributed by atoms with van der Waals surface area (Å²) >= 11 is 0. The highest BCUT2D eigenvalue weighted by atomic mass is 16.3. The molecule has 0 aromatic carbocycles. The molecule has 18 heavy (non-hydrogen) atoms. The molecule has 1 amide bonds. The SMILES string of the molecule is CCNc1ncccc1C(=O)N(CCO)CCO. The highest BCUT2D eigenvalue weighted by molar-refractivity contribution is 5.98. The zero-order valence-electron chi connectivity index (χ0n) is 10.5. The lowest BCUT2D eigenvalue weighted by atomic mass is 10.2. The largest absolute Gasteiger partial charge is 0.395 e. The van der Waals surface area contributed by atoms with Crippen LogP contribution in [0.3, 0.4) is 0 Å². The van der Waals surface area contributed by atoms with E-state index in [9.17, 15) is 4.79 Å². The number of aliphatic hydroxyl groups excluding tert-OH is 2. The molecular formula is C12H19N3O3. The van der Waals surface area contributed by atoms with Gasteiger partial charge in [-0.15, -0.1) is 0 Å². The molecule has 1 rings (SSSR count). The maximum atomic E-state index is 12.2. The number of pyridine rings is 1. The zero-order valence-corrected chi connectivity index (χ0v) is 10.5. The second kappa shape index (κ2) is 7.62. The van der Waals surface area contributed by atoms with Crippen molar-refractivity contribution in [2.24, 2.45) is 0 Å². The lowest BCUT2D eigenvalue weighted by Crippen LogP contribution is -2.36. The number of amides is 1. The Morgan fingerprint density at radius 1 is 1.39 bits per heavy atom. The average molecular weight is 253 g/mol. The number of nitrogens with zero attached hydrogens (tertiary/aromatic N) is 2. The van der Waals surface area contributed by atoms with Gasteiger partial charge in [-0.1, -0.05) is 0 Å². The average Bonchev–Trinajstić information content (AvgIpc) is 2.39. The molecule has 0 aliphatic heterocycles. The number of nitrogens with one attached hydrogen (secondary N) is 1. The van der Waals surface area contributed by atoms with Gasteiger partial charge in [-0.25, -0.2) is 4.98 Å². The van der Waals surface area contributed by atoms with Crippen LogP contribution in [-0.2, 0) is 0 Å². The summed E-state index contributed by atoms with van der Waals surface area (Å²) in [6.07, 6.45) is 1.61. The van der Waals surface area contributed by atoms with E-state index in [1.54, 1.807) is 18.3 Å². The standard InChI is InChI=1S/C12H19N3O3/c1-2-13-11-10(4-3-5-14-11)12(18)15(6-8-16)7-9-17/h3-5,16-17H,2,6-9H2,1H3,(H,13,14). The molecule has 0 atom stereocenters. The number of carbonyl (C=O) groups excluding carboxylic acids is 1. The van der Waals surface area contributed by atoms with Gasteiger partial charge in [-0.3, -0.25) is 4.79 Å². The number of aliphatic hydroxyl groups is 2.